The van der Waals surface area contributed by atoms with Crippen molar-refractivity contribution in [2.75, 3.05) is 17.2 Å². The fraction of sp³-hybridized carbons (Fsp3) is 0.125. The van der Waals surface area contributed by atoms with Crippen LogP contribution in [0.15, 0.2) is 78.0 Å². The van der Waals surface area contributed by atoms with E-state index >= 15 is 0 Å². The van der Waals surface area contributed by atoms with Gasteiger partial charge in [0.2, 0.25) is 0 Å². The van der Waals surface area contributed by atoms with Gasteiger partial charge in [-0.2, -0.15) is 0 Å². The zero-order chi connectivity index (χ0) is 21.3. The van der Waals surface area contributed by atoms with Crippen molar-refractivity contribution in [1.29, 1.82) is 0 Å². The Morgan fingerprint density at radius 2 is 1.63 bits per heavy atom. The third-order valence-electron chi connectivity index (χ3n) is 4.37. The molecule has 2 N–H and O–H groups in total. The van der Waals surface area contributed by atoms with Gasteiger partial charge in [-0.1, -0.05) is 71.4 Å². The van der Waals surface area contributed by atoms with Crippen LogP contribution in [-0.4, -0.2) is 24.6 Å². The van der Waals surface area contributed by atoms with Gasteiger partial charge in [-0.25, -0.2) is 0 Å². The number of hydrogen-bond acceptors (Lipinski definition) is 4. The summed E-state index contributed by atoms with van der Waals surface area (Å²) in [5.41, 5.74) is 5.34. The number of amides is 2. The van der Waals surface area contributed by atoms with E-state index in [1.54, 1.807) is 0 Å². The number of oxime groups is 1. The van der Waals surface area contributed by atoms with E-state index in [9.17, 15) is 9.59 Å². The standard InChI is InChI=1S/C24H23N3O3/c1-17-12-13-21(18(2)14-17)26-23(28)15-25-30-16-24(29)27-22-11-7-6-10-20(22)19-8-4-3-5-9-19/h3-15H,16H2,1-2H3,(H,26,28)(H,27,29)/b25-15-. The Hall–Kier alpha value is -3.93. The molecular weight excluding hydrogens is 378 g/mol. The molecule has 0 atom stereocenters. The first kappa shape index (κ1) is 20.8. The second-order valence-electron chi connectivity index (χ2n) is 6.78. The average Bonchev–Trinajstić information content (AvgIpc) is 2.74. The lowest BCUT2D eigenvalue weighted by atomic mass is 10.0. The fourth-order valence-electron chi connectivity index (χ4n) is 2.95. The number of hydrogen-bond donors (Lipinski definition) is 2. The number of aryl methyl sites for hydroxylation is 2. The molecule has 0 heterocycles. The summed E-state index contributed by atoms with van der Waals surface area (Å²) in [6, 6.07) is 23.0. The van der Waals surface area contributed by atoms with E-state index in [1.807, 2.05) is 86.6 Å². The predicted octanol–water partition coefficient (Wildman–Crippen LogP) is 4.55. The molecule has 0 bridgehead atoms. The Morgan fingerprint density at radius 1 is 0.900 bits per heavy atom. The molecule has 0 saturated carbocycles. The van der Waals surface area contributed by atoms with Crippen molar-refractivity contribution in [2.24, 2.45) is 5.16 Å². The van der Waals surface area contributed by atoms with Gasteiger partial charge in [-0.15, -0.1) is 0 Å². The Morgan fingerprint density at radius 3 is 2.40 bits per heavy atom. The van der Waals surface area contributed by atoms with E-state index in [1.165, 1.54) is 0 Å². The number of carbonyl (C=O) groups excluding carboxylic acids is 2. The largest absolute Gasteiger partial charge is 0.385 e. The van der Waals surface area contributed by atoms with Crippen molar-refractivity contribution in [3.63, 3.8) is 0 Å². The van der Waals surface area contributed by atoms with Crippen molar-refractivity contribution in [3.05, 3.63) is 83.9 Å². The third-order valence-corrected chi connectivity index (χ3v) is 4.37. The summed E-state index contributed by atoms with van der Waals surface area (Å²) in [5, 5.41) is 9.11. The van der Waals surface area contributed by atoms with Crippen LogP contribution in [0.5, 0.6) is 0 Å². The lowest BCUT2D eigenvalue weighted by Crippen LogP contribution is -2.18. The van der Waals surface area contributed by atoms with Crippen LogP contribution in [0.3, 0.4) is 0 Å². The van der Waals surface area contributed by atoms with Gasteiger partial charge in [-0.05, 0) is 37.1 Å². The van der Waals surface area contributed by atoms with Gasteiger partial charge in [-0.3, -0.25) is 9.59 Å². The fourth-order valence-corrected chi connectivity index (χ4v) is 2.95. The highest BCUT2D eigenvalue weighted by Gasteiger charge is 2.08. The van der Waals surface area contributed by atoms with Gasteiger partial charge in [0.15, 0.2) is 6.61 Å². The van der Waals surface area contributed by atoms with E-state index in [2.05, 4.69) is 15.8 Å². The Kier molecular flexibility index (Phi) is 6.95. The Labute approximate surface area is 175 Å². The zero-order valence-corrected chi connectivity index (χ0v) is 16.9. The molecule has 0 saturated heterocycles. The van der Waals surface area contributed by atoms with Crippen LogP contribution < -0.4 is 10.6 Å². The zero-order valence-electron chi connectivity index (χ0n) is 16.9. The summed E-state index contributed by atoms with van der Waals surface area (Å²) >= 11 is 0. The summed E-state index contributed by atoms with van der Waals surface area (Å²) in [5.74, 6) is -0.804. The highest BCUT2D eigenvalue weighted by Crippen LogP contribution is 2.27. The van der Waals surface area contributed by atoms with Crippen molar-refractivity contribution >= 4 is 29.4 Å². The summed E-state index contributed by atoms with van der Waals surface area (Å²) in [6.45, 7) is 3.58. The van der Waals surface area contributed by atoms with Crippen molar-refractivity contribution in [1.82, 2.24) is 0 Å². The highest BCUT2D eigenvalue weighted by atomic mass is 16.6. The molecule has 0 unspecified atom stereocenters. The van der Waals surface area contributed by atoms with Crippen molar-refractivity contribution in [3.8, 4) is 11.1 Å². The topological polar surface area (TPSA) is 79.8 Å². The normalized spacial score (nSPS) is 10.6. The molecule has 30 heavy (non-hydrogen) atoms. The number of carbonyl (C=O) groups is 2. The van der Waals surface area contributed by atoms with E-state index in [0.29, 0.717) is 11.4 Å². The molecular formula is C24H23N3O3. The third kappa shape index (κ3) is 5.78. The maximum absolute atomic E-state index is 12.2. The number of rotatable bonds is 7. The van der Waals surface area contributed by atoms with Crippen LogP contribution in [0.2, 0.25) is 0 Å². The predicted molar refractivity (Wildman–Crippen MR) is 119 cm³/mol. The molecule has 0 aromatic heterocycles. The van der Waals surface area contributed by atoms with E-state index in [-0.39, 0.29) is 12.5 Å². The Balaban J connectivity index is 1.51. The molecule has 3 aromatic carbocycles. The number of nitrogens with one attached hydrogen (secondary N) is 2. The molecule has 2 amide bonds. The first-order valence-electron chi connectivity index (χ1n) is 9.51. The molecule has 0 radical (unpaired) electrons. The number of benzene rings is 3. The molecule has 0 aliphatic heterocycles. The van der Waals surface area contributed by atoms with Gasteiger partial charge in [0.25, 0.3) is 11.8 Å². The van der Waals surface area contributed by atoms with Crippen LogP contribution in [-0.2, 0) is 14.4 Å². The van der Waals surface area contributed by atoms with Crippen LogP contribution >= 0.6 is 0 Å². The van der Waals surface area contributed by atoms with Crippen molar-refractivity contribution in [2.45, 2.75) is 13.8 Å². The molecule has 0 aliphatic carbocycles. The SMILES string of the molecule is Cc1ccc(NC(=O)/C=N\OCC(=O)Nc2ccccc2-c2ccccc2)c(C)c1. The van der Waals surface area contributed by atoms with Crippen molar-refractivity contribution < 1.29 is 14.4 Å². The van der Waals surface area contributed by atoms with Crippen LogP contribution in [0.1, 0.15) is 11.1 Å². The summed E-state index contributed by atoms with van der Waals surface area (Å²) in [7, 11) is 0. The smallest absolute Gasteiger partial charge is 0.270 e. The van der Waals surface area contributed by atoms with E-state index in [0.717, 1.165) is 28.5 Å². The minimum absolute atomic E-state index is 0.309. The van der Waals surface area contributed by atoms with E-state index < -0.39 is 5.91 Å². The van der Waals surface area contributed by atoms with Crippen LogP contribution in [0.4, 0.5) is 11.4 Å². The molecule has 3 aromatic rings. The minimum Gasteiger partial charge on any atom is -0.385 e. The van der Waals surface area contributed by atoms with Gasteiger partial charge < -0.3 is 15.5 Å². The molecule has 0 fully saturated rings. The molecule has 0 aliphatic rings. The number of anilines is 2. The number of nitrogens with zero attached hydrogens (tertiary/aromatic N) is 1. The first-order chi connectivity index (χ1) is 14.5. The highest BCUT2D eigenvalue weighted by molar-refractivity contribution is 6.31. The molecule has 3 rings (SSSR count). The molecule has 6 nitrogen and oxygen atoms in total. The summed E-state index contributed by atoms with van der Waals surface area (Å²) in [6.07, 6.45) is 1.00. The van der Waals surface area contributed by atoms with Gasteiger partial charge in [0.1, 0.15) is 6.21 Å². The quantitative estimate of drug-likeness (QED) is 0.450. The molecule has 0 spiro atoms. The summed E-state index contributed by atoms with van der Waals surface area (Å²) in [4.78, 5) is 29.1. The Bertz CT molecular complexity index is 1060. The second kappa shape index (κ2) is 10.0. The lowest BCUT2D eigenvalue weighted by Gasteiger charge is -2.10. The maximum atomic E-state index is 12.2. The molecule has 6 heteroatoms. The average molecular weight is 401 g/mol. The monoisotopic (exact) mass is 401 g/mol. The van der Waals surface area contributed by atoms with Gasteiger partial charge in [0.05, 0.1) is 0 Å². The van der Waals surface area contributed by atoms with Gasteiger partial charge >= 0.3 is 0 Å². The summed E-state index contributed by atoms with van der Waals surface area (Å²) < 4.78 is 0. The van der Waals surface area contributed by atoms with Crippen LogP contribution in [0, 0.1) is 13.8 Å². The van der Waals surface area contributed by atoms with Crippen LogP contribution in [0.25, 0.3) is 11.1 Å². The maximum Gasteiger partial charge on any atom is 0.270 e. The van der Waals surface area contributed by atoms with E-state index in [4.69, 9.17) is 4.84 Å². The van der Waals surface area contributed by atoms with Gasteiger partial charge in [0, 0.05) is 16.9 Å². The minimum atomic E-state index is -0.434. The molecule has 152 valence electrons. The first-order valence-corrected chi connectivity index (χ1v) is 9.51. The second-order valence-corrected chi connectivity index (χ2v) is 6.78. The number of para-hydroxylation sites is 1. The lowest BCUT2D eigenvalue weighted by molar-refractivity contribution is -0.120.